The molecule has 0 aromatic carbocycles. The highest BCUT2D eigenvalue weighted by molar-refractivity contribution is 5.66. The first-order valence-corrected chi connectivity index (χ1v) is 24.6. The molecule has 22 heterocycles. The van der Waals surface area contributed by atoms with E-state index in [0.29, 0.717) is 0 Å². The molecule has 0 aromatic heterocycles. The number of aliphatic hydroxyl groups is 14. The predicted octanol–water partition coefficient (Wildman–Crippen LogP) is -10.8. The summed E-state index contributed by atoms with van der Waals surface area (Å²) in [5.41, 5.74) is 0. The monoisotopic (exact) mass is 1140 g/mol. The van der Waals surface area contributed by atoms with Crippen LogP contribution >= 0.6 is 0 Å². The zero-order valence-corrected chi connectivity index (χ0v) is 42.0. The fourth-order valence-corrected chi connectivity index (χ4v) is 9.67. The van der Waals surface area contributed by atoms with E-state index in [4.69, 9.17) is 75.8 Å². The molecule has 0 aliphatic carbocycles. The normalized spacial score (nSPS) is 48.3. The summed E-state index contributed by atoms with van der Waals surface area (Å²) in [4.78, 5) is 48.2. The summed E-state index contributed by atoms with van der Waals surface area (Å²) in [6, 6.07) is 0. The second kappa shape index (κ2) is 26.8. The smallest absolute Gasteiger partial charge is 0.302 e. The number of carbonyl (C=O) groups excluding carboxylic acids is 4. The molecule has 6 unspecified atom stereocenters. The molecule has 22 aliphatic heterocycles. The summed E-state index contributed by atoms with van der Waals surface area (Å²) in [7, 11) is 0. The molecule has 0 saturated carbocycles. The van der Waals surface area contributed by atoms with E-state index in [1.165, 1.54) is 0 Å². The Kier molecular flexibility index (Phi) is 21.5. The van der Waals surface area contributed by atoms with E-state index in [1.807, 2.05) is 0 Å². The molecular weight excluding hydrogens is 1070 g/mol. The van der Waals surface area contributed by atoms with Crippen molar-refractivity contribution in [1.29, 1.82) is 0 Å². The molecule has 22 saturated heterocycles. The van der Waals surface area contributed by atoms with Gasteiger partial charge in [0.05, 0.1) is 13.2 Å². The van der Waals surface area contributed by atoms with Crippen molar-refractivity contribution in [3.63, 3.8) is 0 Å². The maximum absolute atomic E-state index is 12.1. The average molecular weight is 1140 g/mol. The third-order valence-corrected chi connectivity index (χ3v) is 13.8. The van der Waals surface area contributed by atoms with Crippen LogP contribution in [0.3, 0.4) is 0 Å². The van der Waals surface area contributed by atoms with E-state index < -0.39 is 248 Å². The van der Waals surface area contributed by atoms with Gasteiger partial charge in [-0.2, -0.15) is 0 Å². The number of rotatable bonds is 10. The Bertz CT molecular complexity index is 1970. The third kappa shape index (κ3) is 13.8. The Morgan fingerprint density at radius 3 is 0.577 bits per heavy atom. The number of esters is 4. The van der Waals surface area contributed by atoms with Gasteiger partial charge in [-0.25, -0.2) is 0 Å². The van der Waals surface area contributed by atoms with Crippen LogP contribution in [0.2, 0.25) is 0 Å². The van der Waals surface area contributed by atoms with Crippen LogP contribution in [0.5, 0.6) is 0 Å². The minimum atomic E-state index is -2.25. The Morgan fingerprint density at radius 2 is 0.423 bits per heavy atom. The zero-order valence-electron chi connectivity index (χ0n) is 42.0. The average Bonchev–Trinajstić information content (AvgIpc) is 3.41. The fourth-order valence-electron chi connectivity index (χ4n) is 9.67. The molecule has 22 fully saturated rings. The standard InChI is InChI=1S/C44H68O34/c1-11(47)63-7-17-35-23(53)29(59)41(69-17)73-33-15(5-45)68-40(28(58)22(33)52)76-36-18(8-64-12(2)48)71-43(31(61)25(36)55)78-38-20(10-66-14(4)50)72-44(32(62)26(38)56)77-37-19(9-65-13(3)49)70-42(30(60)24(37)54)74-34-16(6-46)67-39(75-35)27(57)21(34)51/h15-46,51-62H,5-10H2,1-4H3/t15-,16-,17-,18-,19-,20-,21-,22-,23-,24-,25-,26-,27-,28-,29-,30-,31-,32-,33-,34-,35-,36-,37-,38-,39?,40?,41?,42?,43?,44?/m1/s1. The molecule has 14 N–H and O–H groups in total. The molecule has 0 radical (unpaired) electrons. The highest BCUT2D eigenvalue weighted by atomic mass is 16.8. The van der Waals surface area contributed by atoms with Crippen LogP contribution in [0.25, 0.3) is 0 Å². The van der Waals surface area contributed by atoms with Gasteiger partial charge in [0.1, 0.15) is 173 Å². The highest BCUT2D eigenvalue weighted by Crippen LogP contribution is 2.38. The second-order valence-electron chi connectivity index (χ2n) is 19.3. The van der Waals surface area contributed by atoms with E-state index in [-0.39, 0.29) is 0 Å². The summed E-state index contributed by atoms with van der Waals surface area (Å²) in [6.45, 7) is -1.39. The maximum Gasteiger partial charge on any atom is 0.302 e. The molecule has 78 heavy (non-hydrogen) atoms. The molecule has 30 atom stereocenters. The summed E-state index contributed by atoms with van der Waals surface area (Å²) < 4.78 is 90.5. The Hall–Kier alpha value is -3.16. The predicted molar refractivity (Wildman–Crippen MR) is 234 cm³/mol. The van der Waals surface area contributed by atoms with Crippen molar-refractivity contribution in [2.75, 3.05) is 39.6 Å². The molecule has 448 valence electrons. The van der Waals surface area contributed by atoms with Crippen molar-refractivity contribution in [1.82, 2.24) is 0 Å². The van der Waals surface area contributed by atoms with Gasteiger partial charge in [0, 0.05) is 27.7 Å². The molecule has 0 spiro atoms. The van der Waals surface area contributed by atoms with E-state index >= 15 is 0 Å². The van der Waals surface area contributed by atoms with E-state index in [1.54, 1.807) is 0 Å². The van der Waals surface area contributed by atoms with Gasteiger partial charge in [-0.3, -0.25) is 19.2 Å². The number of aliphatic hydroxyl groups excluding tert-OH is 14. The van der Waals surface area contributed by atoms with E-state index in [2.05, 4.69) is 0 Å². The minimum absolute atomic E-state index is 0.797. The van der Waals surface area contributed by atoms with Gasteiger partial charge >= 0.3 is 23.9 Å². The third-order valence-electron chi connectivity index (χ3n) is 13.8. The lowest BCUT2D eigenvalue weighted by Crippen LogP contribution is -2.69. The summed E-state index contributed by atoms with van der Waals surface area (Å²) in [5, 5.41) is 159. The maximum atomic E-state index is 12.1. The Balaban J connectivity index is 1.26. The first-order valence-electron chi connectivity index (χ1n) is 24.6. The molecular formula is C44H68O34. The topological polar surface area (TPSA) is 499 Å². The molecule has 34 heteroatoms. The lowest BCUT2D eigenvalue weighted by molar-refractivity contribution is -0.404. The van der Waals surface area contributed by atoms with Crippen LogP contribution in [-0.2, 0) is 95.0 Å². The van der Waals surface area contributed by atoms with Crippen molar-refractivity contribution < 1.29 is 166 Å². The Labute approximate surface area is 441 Å². The molecule has 34 nitrogen and oxygen atoms in total. The van der Waals surface area contributed by atoms with Gasteiger partial charge in [-0.1, -0.05) is 0 Å². The lowest BCUT2D eigenvalue weighted by Gasteiger charge is -2.50. The van der Waals surface area contributed by atoms with E-state index in [0.717, 1.165) is 27.7 Å². The Morgan fingerprint density at radius 1 is 0.269 bits per heavy atom. The molecule has 22 rings (SSSR count). The zero-order chi connectivity index (χ0) is 57.2. The molecule has 0 aromatic rings. The summed E-state index contributed by atoms with van der Waals surface area (Å²) in [6.07, 6.45) is -61.0. The van der Waals surface area contributed by atoms with Crippen LogP contribution in [0.15, 0.2) is 0 Å². The summed E-state index contributed by atoms with van der Waals surface area (Å²) in [5.74, 6) is -3.64. The molecule has 22 aliphatic rings. The van der Waals surface area contributed by atoms with Crippen LogP contribution < -0.4 is 0 Å². The number of carbonyl (C=O) groups is 4. The van der Waals surface area contributed by atoms with Crippen LogP contribution in [-0.4, -0.2) is 319 Å². The quantitative estimate of drug-likeness (QED) is 0.0713. The summed E-state index contributed by atoms with van der Waals surface area (Å²) >= 11 is 0. The van der Waals surface area contributed by atoms with Crippen LogP contribution in [0.1, 0.15) is 27.7 Å². The number of hydrogen-bond acceptors (Lipinski definition) is 34. The lowest BCUT2D eigenvalue weighted by atomic mass is 9.94. The first-order chi connectivity index (χ1) is 36.8. The largest absolute Gasteiger partial charge is 0.463 e. The highest BCUT2D eigenvalue weighted by Gasteiger charge is 2.59. The van der Waals surface area contributed by atoms with Gasteiger partial charge in [0.2, 0.25) is 0 Å². The van der Waals surface area contributed by atoms with Gasteiger partial charge in [0.25, 0.3) is 0 Å². The van der Waals surface area contributed by atoms with Crippen molar-refractivity contribution in [3.8, 4) is 0 Å². The van der Waals surface area contributed by atoms with Crippen molar-refractivity contribution in [2.45, 2.75) is 212 Å². The van der Waals surface area contributed by atoms with Crippen LogP contribution in [0.4, 0.5) is 0 Å². The second-order valence-corrected chi connectivity index (χ2v) is 19.3. The van der Waals surface area contributed by atoms with Gasteiger partial charge in [0.15, 0.2) is 37.7 Å². The SMILES string of the molecule is CC(=O)OC[C@H]1OC2O[C@H]3[C@H](O)[C@@H](O)C(O[C@H]4[C@H](O)[C@@H](O)C(O[C@H]5[C@H](O)[C@@H](O)C(O[C@H]6[C@H](O)[C@@H](O)C(O[C@H]7[C@H](O)[C@@H](O)C(O[C@H]1[C@H](O)[C@H]2O)O[C@@H]7CO)O[C@@H]6COC(C)=O)O[C@@H]5COC(C)=O)O[C@@H]4COC(C)=O)O[C@@H]3CO. The number of ether oxygens (including phenoxy) is 16. The van der Waals surface area contributed by atoms with Gasteiger partial charge < -0.3 is 147 Å². The van der Waals surface area contributed by atoms with E-state index in [9.17, 15) is 90.7 Å². The van der Waals surface area contributed by atoms with Crippen molar-refractivity contribution in [3.05, 3.63) is 0 Å². The van der Waals surface area contributed by atoms with Crippen LogP contribution in [0, 0.1) is 0 Å². The number of hydrogen-bond donors (Lipinski definition) is 14. The molecule has 12 bridgehead atoms. The first kappa shape index (κ1) is 62.4. The molecule has 0 amide bonds. The van der Waals surface area contributed by atoms with Crippen molar-refractivity contribution >= 4 is 23.9 Å². The van der Waals surface area contributed by atoms with Gasteiger partial charge in [-0.15, -0.1) is 0 Å². The fraction of sp³-hybridized carbons (Fsp3) is 0.909. The van der Waals surface area contributed by atoms with Gasteiger partial charge in [-0.05, 0) is 0 Å². The minimum Gasteiger partial charge on any atom is -0.463 e. The van der Waals surface area contributed by atoms with Crippen molar-refractivity contribution in [2.24, 2.45) is 0 Å².